The number of methoxy groups -OCH3 is 1. The number of ether oxygens (including phenoxy) is 1. The maximum atomic E-state index is 12.5. The van der Waals surface area contributed by atoms with Crippen LogP contribution in [0.5, 0.6) is 0 Å². The third-order valence-electron chi connectivity index (χ3n) is 5.57. The molecule has 3 rings (SSSR count). The zero-order valence-electron chi connectivity index (χ0n) is 14.6. The van der Waals surface area contributed by atoms with E-state index in [4.69, 9.17) is 4.74 Å². The highest BCUT2D eigenvalue weighted by Crippen LogP contribution is 2.29. The number of hydrogen-bond acceptors (Lipinski definition) is 3. The van der Waals surface area contributed by atoms with E-state index in [-0.39, 0.29) is 12.0 Å². The Balaban J connectivity index is 1.53. The van der Waals surface area contributed by atoms with E-state index in [2.05, 4.69) is 0 Å². The van der Waals surface area contributed by atoms with Crippen LogP contribution in [0.25, 0.3) is 0 Å². The van der Waals surface area contributed by atoms with Gasteiger partial charge in [0.25, 0.3) is 0 Å². The van der Waals surface area contributed by atoms with Crippen molar-refractivity contribution in [2.24, 2.45) is 5.92 Å². The molecule has 1 amide bonds. The molecule has 0 aromatic carbocycles. The second-order valence-electron chi connectivity index (χ2n) is 7.11. The van der Waals surface area contributed by atoms with Crippen molar-refractivity contribution < 1.29 is 14.3 Å². The van der Waals surface area contributed by atoms with Crippen molar-refractivity contribution in [3.05, 3.63) is 24.0 Å². The summed E-state index contributed by atoms with van der Waals surface area (Å²) < 4.78 is 6.85. The van der Waals surface area contributed by atoms with Crippen LogP contribution in [0.3, 0.4) is 0 Å². The topological polar surface area (TPSA) is 51.5 Å². The molecule has 5 heteroatoms. The van der Waals surface area contributed by atoms with Gasteiger partial charge in [0.1, 0.15) is 5.69 Å². The summed E-state index contributed by atoms with van der Waals surface area (Å²) in [6, 6.07) is 3.95. The van der Waals surface area contributed by atoms with Crippen LogP contribution in [-0.4, -0.2) is 41.5 Å². The Labute approximate surface area is 144 Å². The van der Waals surface area contributed by atoms with Gasteiger partial charge in [0.05, 0.1) is 7.11 Å². The van der Waals surface area contributed by atoms with Crippen molar-refractivity contribution >= 4 is 11.9 Å². The maximum absolute atomic E-state index is 12.5. The van der Waals surface area contributed by atoms with Gasteiger partial charge in [-0.25, -0.2) is 4.79 Å². The van der Waals surface area contributed by atoms with E-state index in [1.54, 1.807) is 6.07 Å². The van der Waals surface area contributed by atoms with Gasteiger partial charge in [0.2, 0.25) is 5.91 Å². The lowest BCUT2D eigenvalue weighted by Gasteiger charge is -2.34. The summed E-state index contributed by atoms with van der Waals surface area (Å²) in [5, 5.41) is 0. The summed E-state index contributed by atoms with van der Waals surface area (Å²) in [4.78, 5) is 26.4. The molecular formula is C19H28N2O3. The molecule has 2 fully saturated rings. The Morgan fingerprint density at radius 3 is 2.50 bits per heavy atom. The van der Waals surface area contributed by atoms with Crippen molar-refractivity contribution in [3.63, 3.8) is 0 Å². The molecule has 2 aliphatic rings. The molecule has 0 N–H and O–H groups in total. The second-order valence-corrected chi connectivity index (χ2v) is 7.11. The molecule has 0 bridgehead atoms. The van der Waals surface area contributed by atoms with Gasteiger partial charge in [-0.2, -0.15) is 0 Å². The van der Waals surface area contributed by atoms with Crippen LogP contribution >= 0.6 is 0 Å². The number of piperidine rings is 1. The molecule has 1 saturated carbocycles. The molecule has 2 heterocycles. The number of aromatic nitrogens is 1. The first-order chi connectivity index (χ1) is 11.7. The lowest BCUT2D eigenvalue weighted by atomic mass is 9.86. The fraction of sp³-hybridized carbons (Fsp3) is 0.684. The summed E-state index contributed by atoms with van der Waals surface area (Å²) in [5.74, 6) is 0.621. The van der Waals surface area contributed by atoms with E-state index < -0.39 is 0 Å². The summed E-state index contributed by atoms with van der Waals surface area (Å²) in [7, 11) is 1.41. The van der Waals surface area contributed by atoms with Gasteiger partial charge in [-0.1, -0.05) is 19.3 Å². The fourth-order valence-corrected chi connectivity index (χ4v) is 4.15. The number of esters is 1. The Hall–Kier alpha value is -1.78. The molecule has 132 valence electrons. The SMILES string of the molecule is COC(=O)c1cccn1C1CCN(C(=O)CC2CCCCC2)CC1. The van der Waals surface area contributed by atoms with Gasteiger partial charge in [0, 0.05) is 31.7 Å². The number of nitrogens with zero attached hydrogens (tertiary/aromatic N) is 2. The molecule has 0 radical (unpaired) electrons. The molecule has 1 saturated heterocycles. The van der Waals surface area contributed by atoms with Crippen molar-refractivity contribution in [1.29, 1.82) is 0 Å². The molecule has 0 atom stereocenters. The first-order valence-electron chi connectivity index (χ1n) is 9.22. The van der Waals surface area contributed by atoms with E-state index in [9.17, 15) is 9.59 Å². The molecule has 1 aromatic heterocycles. The van der Waals surface area contributed by atoms with Crippen LogP contribution in [-0.2, 0) is 9.53 Å². The highest BCUT2D eigenvalue weighted by molar-refractivity contribution is 5.87. The van der Waals surface area contributed by atoms with Crippen LogP contribution < -0.4 is 0 Å². The minimum absolute atomic E-state index is 0.271. The predicted octanol–water partition coefficient (Wildman–Crippen LogP) is 3.41. The number of carbonyl (C=O) groups is 2. The number of amides is 1. The summed E-state index contributed by atoms with van der Waals surface area (Å²) in [6.45, 7) is 1.57. The fourth-order valence-electron chi connectivity index (χ4n) is 4.15. The van der Waals surface area contributed by atoms with Crippen LogP contribution in [0.15, 0.2) is 18.3 Å². The molecule has 5 nitrogen and oxygen atoms in total. The number of likely N-dealkylation sites (tertiary alicyclic amines) is 1. The summed E-state index contributed by atoms with van der Waals surface area (Å²) in [5.41, 5.74) is 0.601. The molecule has 1 aliphatic heterocycles. The Morgan fingerprint density at radius 2 is 1.83 bits per heavy atom. The minimum Gasteiger partial charge on any atom is -0.464 e. The first kappa shape index (κ1) is 17.1. The smallest absolute Gasteiger partial charge is 0.354 e. The van der Waals surface area contributed by atoms with Crippen molar-refractivity contribution in [2.75, 3.05) is 20.2 Å². The van der Waals surface area contributed by atoms with Crippen LogP contribution in [0.1, 0.15) is 67.9 Å². The largest absolute Gasteiger partial charge is 0.464 e. The lowest BCUT2D eigenvalue weighted by Crippen LogP contribution is -2.40. The third-order valence-corrected chi connectivity index (χ3v) is 5.57. The van der Waals surface area contributed by atoms with Gasteiger partial charge < -0.3 is 14.2 Å². The molecular weight excluding hydrogens is 304 g/mol. The first-order valence-corrected chi connectivity index (χ1v) is 9.22. The highest BCUT2D eigenvalue weighted by atomic mass is 16.5. The number of carbonyl (C=O) groups excluding carboxylic acids is 2. The van der Waals surface area contributed by atoms with Crippen LogP contribution in [0, 0.1) is 5.92 Å². The third kappa shape index (κ3) is 3.82. The second kappa shape index (κ2) is 7.86. The quantitative estimate of drug-likeness (QED) is 0.794. The van der Waals surface area contributed by atoms with Gasteiger partial charge in [-0.05, 0) is 43.7 Å². The zero-order chi connectivity index (χ0) is 16.9. The van der Waals surface area contributed by atoms with Gasteiger partial charge in [-0.15, -0.1) is 0 Å². The van der Waals surface area contributed by atoms with Crippen LogP contribution in [0.2, 0.25) is 0 Å². The van der Waals surface area contributed by atoms with E-state index in [0.717, 1.165) is 32.4 Å². The van der Waals surface area contributed by atoms with Crippen molar-refractivity contribution in [2.45, 2.75) is 57.4 Å². The highest BCUT2D eigenvalue weighted by Gasteiger charge is 2.27. The monoisotopic (exact) mass is 332 g/mol. The predicted molar refractivity (Wildman–Crippen MR) is 91.8 cm³/mol. The van der Waals surface area contributed by atoms with E-state index >= 15 is 0 Å². The molecule has 1 aliphatic carbocycles. The molecule has 0 unspecified atom stereocenters. The average molecular weight is 332 g/mol. The maximum Gasteiger partial charge on any atom is 0.354 e. The zero-order valence-corrected chi connectivity index (χ0v) is 14.6. The molecule has 24 heavy (non-hydrogen) atoms. The van der Waals surface area contributed by atoms with Crippen molar-refractivity contribution in [3.8, 4) is 0 Å². The Bertz CT molecular complexity index is 567. The summed E-state index contributed by atoms with van der Waals surface area (Å²) in [6.07, 6.45) is 10.8. The number of rotatable bonds is 4. The van der Waals surface area contributed by atoms with E-state index in [0.29, 0.717) is 17.5 Å². The molecule has 1 aromatic rings. The Kier molecular flexibility index (Phi) is 5.59. The van der Waals surface area contributed by atoms with Gasteiger partial charge >= 0.3 is 5.97 Å². The average Bonchev–Trinajstić information content (AvgIpc) is 3.12. The van der Waals surface area contributed by atoms with Gasteiger partial charge in [0.15, 0.2) is 0 Å². The van der Waals surface area contributed by atoms with E-state index in [1.807, 2.05) is 21.7 Å². The minimum atomic E-state index is -0.296. The van der Waals surface area contributed by atoms with E-state index in [1.165, 1.54) is 39.2 Å². The van der Waals surface area contributed by atoms with Crippen molar-refractivity contribution in [1.82, 2.24) is 9.47 Å². The normalized spacial score (nSPS) is 20.1. The molecule has 0 spiro atoms. The Morgan fingerprint density at radius 1 is 1.12 bits per heavy atom. The standard InChI is InChI=1S/C19H28N2O3/c1-24-19(23)17-8-5-11-21(17)16-9-12-20(13-10-16)18(22)14-15-6-3-2-4-7-15/h5,8,11,15-16H,2-4,6-7,9-10,12-14H2,1H3. The number of hydrogen-bond donors (Lipinski definition) is 0. The summed E-state index contributed by atoms with van der Waals surface area (Å²) >= 11 is 0. The van der Waals surface area contributed by atoms with Gasteiger partial charge in [-0.3, -0.25) is 4.79 Å². The van der Waals surface area contributed by atoms with Crippen LogP contribution in [0.4, 0.5) is 0 Å². The lowest BCUT2D eigenvalue weighted by molar-refractivity contribution is -0.133.